The molecule has 0 fully saturated rings. The Labute approximate surface area is 104 Å². The lowest BCUT2D eigenvalue weighted by atomic mass is 9.94. The topological polar surface area (TPSA) is 15.3 Å². The van der Waals surface area contributed by atoms with Crippen molar-refractivity contribution in [1.82, 2.24) is 4.90 Å². The molecule has 0 aromatic heterocycles. The summed E-state index contributed by atoms with van der Waals surface area (Å²) in [6.45, 7) is 2.26. The van der Waals surface area contributed by atoms with E-state index in [-0.39, 0.29) is 12.4 Å². The second kappa shape index (κ2) is 6.12. The van der Waals surface area contributed by atoms with Crippen molar-refractivity contribution < 1.29 is 0 Å². The van der Waals surface area contributed by atoms with Crippen molar-refractivity contribution in [3.05, 3.63) is 29.8 Å². The first-order valence-corrected chi connectivity index (χ1v) is 5.75. The smallest absolute Gasteiger partial charge is 0.0376 e. The Morgan fingerprint density at radius 3 is 2.81 bits per heavy atom. The van der Waals surface area contributed by atoms with E-state index in [2.05, 4.69) is 48.6 Å². The molecule has 1 aromatic carbocycles. The number of nitrogens with one attached hydrogen (secondary N) is 1. The molecule has 1 atom stereocenters. The Morgan fingerprint density at radius 1 is 1.31 bits per heavy atom. The number of hydrogen-bond donors (Lipinski definition) is 1. The van der Waals surface area contributed by atoms with Gasteiger partial charge in [0, 0.05) is 18.8 Å². The van der Waals surface area contributed by atoms with E-state index in [1.807, 2.05) is 0 Å². The van der Waals surface area contributed by atoms with Crippen LogP contribution in [0, 0.1) is 0 Å². The molecule has 90 valence electrons. The van der Waals surface area contributed by atoms with Crippen LogP contribution in [0.3, 0.4) is 0 Å². The van der Waals surface area contributed by atoms with E-state index in [9.17, 15) is 0 Å². The molecule has 0 bridgehead atoms. The molecule has 0 saturated carbocycles. The van der Waals surface area contributed by atoms with Gasteiger partial charge in [-0.15, -0.1) is 12.4 Å². The molecule has 1 unspecified atom stereocenters. The quantitative estimate of drug-likeness (QED) is 0.855. The third-order valence-electron chi connectivity index (χ3n) is 3.03. The molecule has 2 rings (SSSR count). The van der Waals surface area contributed by atoms with Crippen molar-refractivity contribution in [2.24, 2.45) is 0 Å². The zero-order valence-electron chi connectivity index (χ0n) is 10.1. The van der Waals surface area contributed by atoms with E-state index in [0.29, 0.717) is 5.92 Å². The molecule has 0 amide bonds. The number of hydrogen-bond acceptors (Lipinski definition) is 2. The molecule has 0 saturated heterocycles. The summed E-state index contributed by atoms with van der Waals surface area (Å²) in [6, 6.07) is 8.73. The van der Waals surface area contributed by atoms with Crippen molar-refractivity contribution in [1.29, 1.82) is 0 Å². The largest absolute Gasteiger partial charge is 0.385 e. The van der Waals surface area contributed by atoms with E-state index in [0.717, 1.165) is 13.1 Å². The van der Waals surface area contributed by atoms with Crippen molar-refractivity contribution in [3.8, 4) is 0 Å². The van der Waals surface area contributed by atoms with Crippen molar-refractivity contribution >= 4 is 18.1 Å². The molecule has 0 aliphatic carbocycles. The summed E-state index contributed by atoms with van der Waals surface area (Å²) in [5.41, 5.74) is 2.82. The summed E-state index contributed by atoms with van der Waals surface area (Å²) in [5, 5.41) is 3.51. The van der Waals surface area contributed by atoms with Gasteiger partial charge in [-0.3, -0.25) is 0 Å². The van der Waals surface area contributed by atoms with Crippen LogP contribution < -0.4 is 5.32 Å². The van der Waals surface area contributed by atoms with Crippen LogP contribution in [0.5, 0.6) is 0 Å². The molecule has 1 N–H and O–H groups in total. The minimum absolute atomic E-state index is 0. The van der Waals surface area contributed by atoms with Crippen LogP contribution in [-0.4, -0.2) is 32.1 Å². The third kappa shape index (κ3) is 3.13. The van der Waals surface area contributed by atoms with Gasteiger partial charge in [-0.2, -0.15) is 0 Å². The van der Waals surface area contributed by atoms with Gasteiger partial charge in [0.2, 0.25) is 0 Å². The molecule has 0 radical (unpaired) electrons. The zero-order chi connectivity index (χ0) is 10.7. The Balaban J connectivity index is 0.00000128. The molecule has 2 nitrogen and oxygen atoms in total. The van der Waals surface area contributed by atoms with Crippen LogP contribution in [0.1, 0.15) is 24.3 Å². The average Bonchev–Trinajstić information content (AvgIpc) is 2.41. The molecule has 1 aromatic rings. The van der Waals surface area contributed by atoms with Gasteiger partial charge in [0.1, 0.15) is 0 Å². The molecule has 1 heterocycles. The fraction of sp³-hybridized carbons (Fsp3) is 0.538. The molecular weight excluding hydrogens is 220 g/mol. The van der Waals surface area contributed by atoms with Crippen LogP contribution in [-0.2, 0) is 0 Å². The summed E-state index contributed by atoms with van der Waals surface area (Å²) < 4.78 is 0. The highest BCUT2D eigenvalue weighted by molar-refractivity contribution is 5.85. The Hall–Kier alpha value is -0.730. The number of fused-ring (bicyclic) bond motifs is 1. The number of rotatable bonds is 2. The van der Waals surface area contributed by atoms with Crippen molar-refractivity contribution in [3.63, 3.8) is 0 Å². The number of para-hydroxylation sites is 1. The highest BCUT2D eigenvalue weighted by Crippen LogP contribution is 2.31. The predicted molar refractivity (Wildman–Crippen MR) is 72.7 cm³/mol. The van der Waals surface area contributed by atoms with Crippen molar-refractivity contribution in [2.45, 2.75) is 18.8 Å². The third-order valence-corrected chi connectivity index (χ3v) is 3.03. The van der Waals surface area contributed by atoms with Gasteiger partial charge >= 0.3 is 0 Å². The average molecular weight is 241 g/mol. The van der Waals surface area contributed by atoms with Gasteiger partial charge in [-0.1, -0.05) is 18.2 Å². The summed E-state index contributed by atoms with van der Waals surface area (Å²) in [6.07, 6.45) is 2.56. The van der Waals surface area contributed by atoms with Crippen molar-refractivity contribution in [2.75, 3.05) is 32.5 Å². The highest BCUT2D eigenvalue weighted by Gasteiger charge is 2.18. The first-order valence-electron chi connectivity index (χ1n) is 5.75. The van der Waals surface area contributed by atoms with Gasteiger partial charge in [0.05, 0.1) is 0 Å². The lowest BCUT2D eigenvalue weighted by Gasteiger charge is -2.21. The molecule has 1 aliphatic rings. The molecule has 0 spiro atoms. The lowest BCUT2D eigenvalue weighted by molar-refractivity contribution is 0.363. The van der Waals surface area contributed by atoms with Gasteiger partial charge < -0.3 is 10.2 Å². The van der Waals surface area contributed by atoms with Gasteiger partial charge in [0.25, 0.3) is 0 Å². The van der Waals surface area contributed by atoms with E-state index in [1.165, 1.54) is 24.1 Å². The standard InChI is InChI=1S/C13H20N2.ClH/c1-15(2)10-11-6-5-9-14-13-8-4-3-7-12(11)13;/h3-4,7-8,11,14H,5-6,9-10H2,1-2H3;1H. The number of anilines is 1. The summed E-state index contributed by atoms with van der Waals surface area (Å²) in [7, 11) is 4.31. The zero-order valence-corrected chi connectivity index (χ0v) is 10.9. The molecule has 16 heavy (non-hydrogen) atoms. The molecule has 1 aliphatic heterocycles. The summed E-state index contributed by atoms with van der Waals surface area (Å²) in [4.78, 5) is 2.28. The first-order chi connectivity index (χ1) is 7.27. The predicted octanol–water partition coefficient (Wildman–Crippen LogP) is 2.96. The number of likely N-dealkylation sites (N-methyl/N-ethyl adjacent to an activating group) is 1. The normalized spacial score (nSPS) is 19.3. The summed E-state index contributed by atoms with van der Waals surface area (Å²) in [5.74, 6) is 0.686. The lowest BCUT2D eigenvalue weighted by Crippen LogP contribution is -2.20. The second-order valence-corrected chi connectivity index (χ2v) is 4.62. The molecule has 3 heteroatoms. The van der Waals surface area contributed by atoms with Crippen LogP contribution in [0.15, 0.2) is 24.3 Å². The number of halogens is 1. The Bertz CT molecular complexity index is 325. The fourth-order valence-electron chi connectivity index (χ4n) is 2.37. The van der Waals surface area contributed by atoms with E-state index in [4.69, 9.17) is 0 Å². The number of nitrogens with zero attached hydrogens (tertiary/aromatic N) is 1. The van der Waals surface area contributed by atoms with E-state index >= 15 is 0 Å². The van der Waals surface area contributed by atoms with E-state index in [1.54, 1.807) is 0 Å². The van der Waals surface area contributed by atoms with E-state index < -0.39 is 0 Å². The van der Waals surface area contributed by atoms with Crippen LogP contribution in [0.2, 0.25) is 0 Å². The first kappa shape index (κ1) is 13.3. The monoisotopic (exact) mass is 240 g/mol. The minimum atomic E-state index is 0. The maximum absolute atomic E-state index is 3.51. The SMILES string of the molecule is CN(C)CC1CCCNc2ccccc21.Cl. The fourth-order valence-corrected chi connectivity index (χ4v) is 2.37. The van der Waals surface area contributed by atoms with Crippen LogP contribution in [0.25, 0.3) is 0 Å². The van der Waals surface area contributed by atoms with Gasteiger partial charge in [-0.05, 0) is 44.5 Å². The highest BCUT2D eigenvalue weighted by atomic mass is 35.5. The summed E-state index contributed by atoms with van der Waals surface area (Å²) >= 11 is 0. The number of benzene rings is 1. The van der Waals surface area contributed by atoms with Gasteiger partial charge in [-0.25, -0.2) is 0 Å². The van der Waals surface area contributed by atoms with Crippen LogP contribution in [0.4, 0.5) is 5.69 Å². The maximum Gasteiger partial charge on any atom is 0.0376 e. The second-order valence-electron chi connectivity index (χ2n) is 4.62. The van der Waals surface area contributed by atoms with Crippen LogP contribution >= 0.6 is 12.4 Å². The Kier molecular flexibility index (Phi) is 5.10. The molecular formula is C13H21ClN2. The van der Waals surface area contributed by atoms with Gasteiger partial charge in [0.15, 0.2) is 0 Å². The minimum Gasteiger partial charge on any atom is -0.385 e. The maximum atomic E-state index is 3.51. The Morgan fingerprint density at radius 2 is 2.06 bits per heavy atom.